The number of hydrogen-bond acceptors (Lipinski definition) is 2. The number of halogens is 2. The van der Waals surface area contributed by atoms with Gasteiger partial charge in [-0.1, -0.05) is 23.2 Å². The Hall–Kier alpha value is -2.43. The smallest absolute Gasteiger partial charge is 0.256 e. The van der Waals surface area contributed by atoms with Crippen molar-refractivity contribution >= 4 is 63.0 Å². The molecule has 0 spiro atoms. The summed E-state index contributed by atoms with van der Waals surface area (Å²) in [5, 5.41) is 4.91. The molecule has 2 N–H and O–H groups in total. The minimum absolute atomic E-state index is 0.161. The lowest BCUT2D eigenvalue weighted by Crippen LogP contribution is -2.08. The number of aromatic amines is 1. The van der Waals surface area contributed by atoms with Crippen LogP contribution in [-0.2, 0) is 4.79 Å². The van der Waals surface area contributed by atoms with E-state index in [1.54, 1.807) is 18.2 Å². The van der Waals surface area contributed by atoms with E-state index in [4.69, 9.17) is 23.2 Å². The summed E-state index contributed by atoms with van der Waals surface area (Å²) in [7, 11) is 3.96. The summed E-state index contributed by atoms with van der Waals surface area (Å²) in [6.45, 7) is 0. The molecule has 0 bridgehead atoms. The highest BCUT2D eigenvalue weighted by molar-refractivity contribution is 6.39. The second-order valence-corrected chi connectivity index (χ2v) is 6.99. The van der Waals surface area contributed by atoms with Gasteiger partial charge < -0.3 is 15.2 Å². The van der Waals surface area contributed by atoms with Crippen LogP contribution in [0.2, 0.25) is 10.2 Å². The van der Waals surface area contributed by atoms with E-state index in [0.29, 0.717) is 15.7 Å². The summed E-state index contributed by atoms with van der Waals surface area (Å²) in [6, 6.07) is 11.4. The van der Waals surface area contributed by atoms with Gasteiger partial charge in [-0.3, -0.25) is 4.79 Å². The topological polar surface area (TPSA) is 48.1 Å². The molecule has 1 aromatic heterocycles. The average Bonchev–Trinajstić information content (AvgIpc) is 3.04. The third kappa shape index (κ3) is 2.68. The van der Waals surface area contributed by atoms with E-state index in [1.807, 2.05) is 37.2 Å². The summed E-state index contributed by atoms with van der Waals surface area (Å²) in [5.41, 5.74) is 4.86. The largest absolute Gasteiger partial charge is 0.378 e. The molecule has 1 aliphatic heterocycles. The fourth-order valence-corrected chi connectivity index (χ4v) is 3.47. The maximum atomic E-state index is 12.4. The molecular weight excluding hydrogens is 357 g/mol. The highest BCUT2D eigenvalue weighted by Crippen LogP contribution is 2.38. The number of benzene rings is 2. The number of carbonyl (C=O) groups is 1. The first-order valence-electron chi connectivity index (χ1n) is 7.75. The second-order valence-electron chi connectivity index (χ2n) is 6.18. The first-order valence-corrected chi connectivity index (χ1v) is 8.51. The summed E-state index contributed by atoms with van der Waals surface area (Å²) in [5.74, 6) is -0.161. The summed E-state index contributed by atoms with van der Waals surface area (Å²) >= 11 is 12.5. The average molecular weight is 372 g/mol. The molecule has 126 valence electrons. The van der Waals surface area contributed by atoms with Crippen molar-refractivity contribution in [2.75, 3.05) is 24.3 Å². The lowest BCUT2D eigenvalue weighted by Gasteiger charge is -2.12. The van der Waals surface area contributed by atoms with Gasteiger partial charge in [-0.25, -0.2) is 0 Å². The highest BCUT2D eigenvalue weighted by atomic mass is 35.5. The number of hydrogen-bond donors (Lipinski definition) is 2. The minimum atomic E-state index is -0.161. The molecule has 0 saturated carbocycles. The molecule has 0 aliphatic carbocycles. The van der Waals surface area contributed by atoms with E-state index in [9.17, 15) is 4.79 Å². The van der Waals surface area contributed by atoms with Crippen LogP contribution in [0.15, 0.2) is 36.4 Å². The molecule has 2 aromatic carbocycles. The Bertz CT molecular complexity index is 1050. The molecule has 0 unspecified atom stereocenters. The number of nitrogens with zero attached hydrogens (tertiary/aromatic N) is 1. The van der Waals surface area contributed by atoms with Crippen molar-refractivity contribution in [1.82, 2.24) is 4.98 Å². The van der Waals surface area contributed by atoms with Gasteiger partial charge in [0.2, 0.25) is 0 Å². The van der Waals surface area contributed by atoms with E-state index < -0.39 is 0 Å². The summed E-state index contributed by atoms with van der Waals surface area (Å²) < 4.78 is 0. The number of aromatic nitrogens is 1. The number of H-pyrrole nitrogens is 1. The third-order valence-electron chi connectivity index (χ3n) is 4.34. The van der Waals surface area contributed by atoms with Crippen LogP contribution in [0.25, 0.3) is 22.6 Å². The Morgan fingerprint density at radius 3 is 2.64 bits per heavy atom. The molecule has 0 atom stereocenters. The Balaban J connectivity index is 1.92. The molecule has 25 heavy (non-hydrogen) atoms. The van der Waals surface area contributed by atoms with Crippen LogP contribution < -0.4 is 10.2 Å². The Morgan fingerprint density at radius 1 is 1.08 bits per heavy atom. The molecule has 4 rings (SSSR count). The van der Waals surface area contributed by atoms with Gasteiger partial charge in [0.25, 0.3) is 5.91 Å². The molecule has 1 aliphatic rings. The summed E-state index contributed by atoms with van der Waals surface area (Å²) in [6.07, 6.45) is 1.82. The molecule has 0 radical (unpaired) electrons. The van der Waals surface area contributed by atoms with Crippen LogP contribution >= 0.6 is 23.2 Å². The number of carbonyl (C=O) groups excluding carboxylic acids is 1. The molecule has 1 amide bonds. The summed E-state index contributed by atoms with van der Waals surface area (Å²) in [4.78, 5) is 17.6. The van der Waals surface area contributed by atoms with Crippen molar-refractivity contribution in [2.45, 2.75) is 0 Å². The Labute approximate surface area is 155 Å². The van der Waals surface area contributed by atoms with Crippen molar-refractivity contribution in [3.63, 3.8) is 0 Å². The van der Waals surface area contributed by atoms with Gasteiger partial charge in [-0.15, -0.1) is 0 Å². The lowest BCUT2D eigenvalue weighted by molar-refractivity contribution is -0.110. The van der Waals surface area contributed by atoms with Crippen LogP contribution in [0.1, 0.15) is 11.1 Å². The number of amides is 1. The molecule has 0 fully saturated rings. The molecule has 4 nitrogen and oxygen atoms in total. The number of nitrogens with one attached hydrogen (secondary N) is 2. The maximum Gasteiger partial charge on any atom is 0.256 e. The van der Waals surface area contributed by atoms with Crippen LogP contribution in [-0.4, -0.2) is 25.0 Å². The minimum Gasteiger partial charge on any atom is -0.378 e. The first kappa shape index (κ1) is 16.1. The van der Waals surface area contributed by atoms with E-state index in [1.165, 1.54) is 0 Å². The van der Waals surface area contributed by atoms with Crippen molar-refractivity contribution < 1.29 is 4.79 Å². The maximum absolute atomic E-state index is 12.4. The molecule has 3 aromatic rings. The van der Waals surface area contributed by atoms with Crippen LogP contribution in [0.4, 0.5) is 11.4 Å². The monoisotopic (exact) mass is 371 g/mol. The van der Waals surface area contributed by atoms with E-state index >= 15 is 0 Å². The van der Waals surface area contributed by atoms with Crippen molar-refractivity contribution in [3.05, 3.63) is 57.7 Å². The van der Waals surface area contributed by atoms with E-state index in [2.05, 4.69) is 16.4 Å². The van der Waals surface area contributed by atoms with E-state index in [0.717, 1.165) is 33.4 Å². The van der Waals surface area contributed by atoms with Gasteiger partial charge in [-0.2, -0.15) is 0 Å². The first-order chi connectivity index (χ1) is 11.9. The normalized spacial score (nSPS) is 14.9. The van der Waals surface area contributed by atoms with Crippen LogP contribution in [0.5, 0.6) is 0 Å². The van der Waals surface area contributed by atoms with Gasteiger partial charge in [0.1, 0.15) is 5.15 Å². The number of anilines is 2. The molecule has 0 saturated heterocycles. The van der Waals surface area contributed by atoms with Crippen molar-refractivity contribution in [3.8, 4) is 0 Å². The van der Waals surface area contributed by atoms with Gasteiger partial charge in [0, 0.05) is 58.1 Å². The highest BCUT2D eigenvalue weighted by Gasteiger charge is 2.25. The predicted molar refractivity (Wildman–Crippen MR) is 106 cm³/mol. The molecule has 2 heterocycles. The van der Waals surface area contributed by atoms with Gasteiger partial charge in [0.05, 0.1) is 0 Å². The molecule has 6 heteroatoms. The van der Waals surface area contributed by atoms with Crippen molar-refractivity contribution in [1.29, 1.82) is 0 Å². The van der Waals surface area contributed by atoms with Gasteiger partial charge in [0.15, 0.2) is 0 Å². The number of rotatable bonds is 2. The zero-order valence-corrected chi connectivity index (χ0v) is 15.2. The van der Waals surface area contributed by atoms with Crippen LogP contribution in [0, 0.1) is 0 Å². The van der Waals surface area contributed by atoms with Crippen LogP contribution in [0.3, 0.4) is 0 Å². The fourth-order valence-electron chi connectivity index (χ4n) is 3.04. The quantitative estimate of drug-likeness (QED) is 0.620. The fraction of sp³-hybridized carbons (Fsp3) is 0.105. The third-order valence-corrected chi connectivity index (χ3v) is 4.88. The van der Waals surface area contributed by atoms with Crippen molar-refractivity contribution in [2.24, 2.45) is 0 Å². The van der Waals surface area contributed by atoms with Gasteiger partial charge >= 0.3 is 0 Å². The molecular formula is C19H15Cl2N3O. The zero-order chi connectivity index (χ0) is 17.7. The van der Waals surface area contributed by atoms with E-state index in [-0.39, 0.29) is 5.91 Å². The number of fused-ring (bicyclic) bond motifs is 2. The zero-order valence-electron chi connectivity index (χ0n) is 13.7. The lowest BCUT2D eigenvalue weighted by atomic mass is 10.0. The second kappa shape index (κ2) is 5.83. The Kier molecular flexibility index (Phi) is 3.74. The SMILES string of the molecule is CN(C)c1ccc2[nH]c(Cl)c(/C=C3/C(=O)Nc4ccc(Cl)cc43)c2c1. The van der Waals surface area contributed by atoms with Gasteiger partial charge in [-0.05, 0) is 42.5 Å². The Morgan fingerprint density at radius 2 is 1.88 bits per heavy atom. The predicted octanol–water partition coefficient (Wildman–Crippen LogP) is 5.03. The standard InChI is InChI=1S/C19H15Cl2N3O/c1-24(2)11-4-6-16-13(8-11)14(18(21)22-16)9-15-12-7-10(20)3-5-17(12)23-19(15)25/h3-9,22H,1-2H3,(H,23,25)/b15-9+.